The highest BCUT2D eigenvalue weighted by Gasteiger charge is 2.07. The van der Waals surface area contributed by atoms with Crippen LogP contribution in [0.5, 0.6) is 5.75 Å². The van der Waals surface area contributed by atoms with Crippen LogP contribution in [0.25, 0.3) is 0 Å². The zero-order valence-electron chi connectivity index (χ0n) is 9.02. The summed E-state index contributed by atoms with van der Waals surface area (Å²) >= 11 is 3.60. The van der Waals surface area contributed by atoms with Gasteiger partial charge in [-0.05, 0) is 30.2 Å². The van der Waals surface area contributed by atoms with Crippen molar-refractivity contribution in [2.45, 2.75) is 11.5 Å². The van der Waals surface area contributed by atoms with E-state index in [-0.39, 0.29) is 5.97 Å². The quantitative estimate of drug-likeness (QED) is 0.459. The number of benzene rings is 1. The van der Waals surface area contributed by atoms with Gasteiger partial charge in [0.2, 0.25) is 0 Å². The lowest BCUT2D eigenvalue weighted by Crippen LogP contribution is -2.01. The van der Waals surface area contributed by atoms with E-state index in [9.17, 15) is 4.79 Å². The maximum atomic E-state index is 10.7. The predicted molar refractivity (Wildman–Crippen MR) is 67.5 cm³/mol. The Bertz CT molecular complexity index is 318. The fourth-order valence-corrected chi connectivity index (χ4v) is 2.86. The number of hydrogen-bond donors (Lipinski definition) is 0. The molecule has 0 aromatic heterocycles. The van der Waals surface area contributed by atoms with E-state index >= 15 is 0 Å². The first-order valence-electron chi connectivity index (χ1n) is 4.51. The maximum absolute atomic E-state index is 10.7. The second kappa shape index (κ2) is 6.08. The molecule has 4 heteroatoms. The minimum Gasteiger partial charge on any atom is -0.427 e. The van der Waals surface area contributed by atoms with Gasteiger partial charge < -0.3 is 4.74 Å². The van der Waals surface area contributed by atoms with Crippen molar-refractivity contribution in [2.75, 3.05) is 12.5 Å². The molecule has 1 aromatic carbocycles. The Kier molecular flexibility index (Phi) is 5.05. The smallest absolute Gasteiger partial charge is 0.308 e. The number of carbonyl (C=O) groups is 1. The van der Waals surface area contributed by atoms with Gasteiger partial charge in [0.1, 0.15) is 5.75 Å². The molecule has 0 unspecified atom stereocenters. The van der Waals surface area contributed by atoms with Crippen LogP contribution < -0.4 is 4.74 Å². The molecule has 0 saturated carbocycles. The SMILES string of the molecule is CSC(SC)c1ccc(OC(C)=O)cc1. The van der Waals surface area contributed by atoms with Crippen molar-refractivity contribution in [1.29, 1.82) is 0 Å². The standard InChI is InChI=1S/C11H14O2S2/c1-8(12)13-10-6-4-9(5-7-10)11(14-2)15-3/h4-7,11H,1-3H3. The van der Waals surface area contributed by atoms with Crippen molar-refractivity contribution < 1.29 is 9.53 Å². The van der Waals surface area contributed by atoms with Crippen molar-refractivity contribution >= 4 is 29.5 Å². The zero-order chi connectivity index (χ0) is 11.3. The first-order chi connectivity index (χ1) is 7.17. The molecule has 0 aliphatic carbocycles. The van der Waals surface area contributed by atoms with Crippen LogP contribution in [0.3, 0.4) is 0 Å². The van der Waals surface area contributed by atoms with Gasteiger partial charge in [-0.1, -0.05) is 12.1 Å². The number of carbonyl (C=O) groups excluding carboxylic acids is 1. The molecule has 0 spiro atoms. The maximum Gasteiger partial charge on any atom is 0.308 e. The average Bonchev–Trinajstić information content (AvgIpc) is 2.21. The van der Waals surface area contributed by atoms with Gasteiger partial charge in [0, 0.05) is 6.92 Å². The predicted octanol–water partition coefficient (Wildman–Crippen LogP) is 3.34. The van der Waals surface area contributed by atoms with Crippen LogP contribution in [0.2, 0.25) is 0 Å². The summed E-state index contributed by atoms with van der Waals surface area (Å²) in [5.41, 5.74) is 1.24. The third kappa shape index (κ3) is 3.80. The molecule has 15 heavy (non-hydrogen) atoms. The molecule has 0 aliphatic heterocycles. The van der Waals surface area contributed by atoms with Crippen molar-refractivity contribution in [3.05, 3.63) is 29.8 Å². The number of hydrogen-bond acceptors (Lipinski definition) is 4. The van der Waals surface area contributed by atoms with Gasteiger partial charge in [-0.3, -0.25) is 4.79 Å². The van der Waals surface area contributed by atoms with Crippen LogP contribution in [-0.4, -0.2) is 18.5 Å². The van der Waals surface area contributed by atoms with Crippen LogP contribution >= 0.6 is 23.5 Å². The van der Waals surface area contributed by atoms with Gasteiger partial charge in [0.05, 0.1) is 4.58 Å². The van der Waals surface area contributed by atoms with Crippen molar-refractivity contribution in [1.82, 2.24) is 0 Å². The molecule has 0 bridgehead atoms. The average molecular weight is 242 g/mol. The summed E-state index contributed by atoms with van der Waals surface area (Å²) in [6.07, 6.45) is 4.17. The summed E-state index contributed by atoms with van der Waals surface area (Å²) < 4.78 is 5.40. The first kappa shape index (κ1) is 12.5. The van der Waals surface area contributed by atoms with Crippen LogP contribution in [-0.2, 0) is 4.79 Å². The van der Waals surface area contributed by atoms with Crippen LogP contribution in [0.15, 0.2) is 24.3 Å². The fourth-order valence-electron chi connectivity index (χ4n) is 1.23. The third-order valence-corrected chi connectivity index (χ3v) is 4.40. The highest BCUT2D eigenvalue weighted by atomic mass is 32.2. The molecule has 0 radical (unpaired) electrons. The summed E-state index contributed by atoms with van der Waals surface area (Å²) in [5.74, 6) is 0.321. The molecule has 0 saturated heterocycles. The Morgan fingerprint density at radius 3 is 2.13 bits per heavy atom. The molecule has 0 aliphatic rings. The van der Waals surface area contributed by atoms with E-state index in [1.807, 2.05) is 24.3 Å². The Labute approximate surface area is 98.8 Å². The van der Waals surface area contributed by atoms with Crippen molar-refractivity contribution in [3.63, 3.8) is 0 Å². The largest absolute Gasteiger partial charge is 0.427 e. The van der Waals surface area contributed by atoms with Crippen LogP contribution in [0.4, 0.5) is 0 Å². The number of ether oxygens (including phenoxy) is 1. The molecule has 82 valence electrons. The molecular formula is C11H14O2S2. The van der Waals surface area contributed by atoms with E-state index in [0.29, 0.717) is 10.3 Å². The lowest BCUT2D eigenvalue weighted by Gasteiger charge is -2.11. The molecule has 0 atom stereocenters. The van der Waals surface area contributed by atoms with Gasteiger partial charge in [-0.15, -0.1) is 23.5 Å². The second-order valence-electron chi connectivity index (χ2n) is 2.97. The molecule has 0 fully saturated rings. The molecule has 0 N–H and O–H groups in total. The summed E-state index contributed by atoms with van der Waals surface area (Å²) in [6.45, 7) is 1.40. The first-order valence-corrected chi connectivity index (χ1v) is 7.09. The second-order valence-corrected chi connectivity index (χ2v) is 5.15. The summed E-state index contributed by atoms with van der Waals surface area (Å²) in [6, 6.07) is 7.65. The minimum atomic E-state index is -0.283. The number of rotatable bonds is 4. The molecule has 2 nitrogen and oxygen atoms in total. The molecule has 1 aromatic rings. The van der Waals surface area contributed by atoms with Gasteiger partial charge in [0.25, 0.3) is 0 Å². The van der Waals surface area contributed by atoms with E-state index in [4.69, 9.17) is 4.74 Å². The highest BCUT2D eigenvalue weighted by molar-refractivity contribution is 8.15. The number of thioether (sulfide) groups is 2. The zero-order valence-corrected chi connectivity index (χ0v) is 10.7. The monoisotopic (exact) mass is 242 g/mol. The van der Waals surface area contributed by atoms with Crippen molar-refractivity contribution in [2.24, 2.45) is 0 Å². The van der Waals surface area contributed by atoms with Gasteiger partial charge in [-0.25, -0.2) is 0 Å². The highest BCUT2D eigenvalue weighted by Crippen LogP contribution is 2.36. The van der Waals surface area contributed by atoms with E-state index in [1.54, 1.807) is 23.5 Å². The summed E-state index contributed by atoms with van der Waals surface area (Å²) in [4.78, 5) is 10.7. The molecule has 0 amide bonds. The summed E-state index contributed by atoms with van der Waals surface area (Å²) in [7, 11) is 0. The van der Waals surface area contributed by atoms with Crippen LogP contribution in [0, 0.1) is 0 Å². The molecule has 0 heterocycles. The van der Waals surface area contributed by atoms with Crippen LogP contribution in [0.1, 0.15) is 17.1 Å². The van der Waals surface area contributed by atoms with Gasteiger partial charge in [-0.2, -0.15) is 0 Å². The van der Waals surface area contributed by atoms with E-state index in [1.165, 1.54) is 12.5 Å². The Hall–Kier alpha value is -0.610. The Morgan fingerprint density at radius 1 is 1.20 bits per heavy atom. The lowest BCUT2D eigenvalue weighted by molar-refractivity contribution is -0.131. The molecule has 1 rings (SSSR count). The van der Waals surface area contributed by atoms with E-state index < -0.39 is 0 Å². The normalized spacial score (nSPS) is 10.4. The Morgan fingerprint density at radius 2 is 1.73 bits per heavy atom. The lowest BCUT2D eigenvalue weighted by atomic mass is 10.2. The minimum absolute atomic E-state index is 0.283. The summed E-state index contributed by atoms with van der Waals surface area (Å²) in [5, 5.41) is 0. The number of esters is 1. The topological polar surface area (TPSA) is 26.3 Å². The van der Waals surface area contributed by atoms with E-state index in [2.05, 4.69) is 12.5 Å². The fraction of sp³-hybridized carbons (Fsp3) is 0.364. The third-order valence-electron chi connectivity index (χ3n) is 1.84. The molecular weight excluding hydrogens is 228 g/mol. The van der Waals surface area contributed by atoms with Crippen molar-refractivity contribution in [3.8, 4) is 5.75 Å². The van der Waals surface area contributed by atoms with E-state index in [0.717, 1.165) is 0 Å². The van der Waals surface area contributed by atoms with Gasteiger partial charge >= 0.3 is 5.97 Å². The van der Waals surface area contributed by atoms with Gasteiger partial charge in [0.15, 0.2) is 0 Å². The Balaban J connectivity index is 2.75.